The van der Waals surface area contributed by atoms with Crippen molar-refractivity contribution in [1.29, 1.82) is 0 Å². The molecule has 1 nitrogen and oxygen atoms in total. The van der Waals surface area contributed by atoms with Gasteiger partial charge in [0.05, 0.1) is 0 Å². The highest BCUT2D eigenvalue weighted by atomic mass is 16.1. The molecule has 1 heteroatoms. The second kappa shape index (κ2) is 5.42. The van der Waals surface area contributed by atoms with Gasteiger partial charge in [-0.3, -0.25) is 4.79 Å². The van der Waals surface area contributed by atoms with E-state index in [1.807, 2.05) is 6.92 Å². The van der Waals surface area contributed by atoms with Crippen molar-refractivity contribution in [2.45, 2.75) is 66.7 Å². The first-order valence-electron chi connectivity index (χ1n) is 8.08. The fourth-order valence-electron chi connectivity index (χ4n) is 4.34. The van der Waals surface area contributed by atoms with Crippen LogP contribution in [-0.2, 0) is 4.79 Å². The van der Waals surface area contributed by atoms with Crippen LogP contribution in [0.15, 0.2) is 11.6 Å². The number of allylic oxidation sites excluding steroid dienone is 2. The summed E-state index contributed by atoms with van der Waals surface area (Å²) in [7, 11) is 0. The van der Waals surface area contributed by atoms with Crippen LogP contribution in [0.25, 0.3) is 0 Å². The van der Waals surface area contributed by atoms with E-state index in [0.717, 1.165) is 18.3 Å². The molecule has 0 aromatic carbocycles. The zero-order valence-electron chi connectivity index (χ0n) is 13.3. The molecule has 4 unspecified atom stereocenters. The predicted molar refractivity (Wildman–Crippen MR) is 80.9 cm³/mol. The van der Waals surface area contributed by atoms with Crippen molar-refractivity contribution >= 4 is 5.78 Å². The van der Waals surface area contributed by atoms with Crippen LogP contribution in [0.2, 0.25) is 0 Å². The summed E-state index contributed by atoms with van der Waals surface area (Å²) in [6.45, 7) is 11.4. The molecule has 0 aromatic heterocycles. The normalized spacial score (nSPS) is 40.8. The third-order valence-electron chi connectivity index (χ3n) is 5.74. The Morgan fingerprint density at radius 2 is 2.05 bits per heavy atom. The van der Waals surface area contributed by atoms with E-state index in [1.54, 1.807) is 0 Å². The Labute approximate surface area is 118 Å². The van der Waals surface area contributed by atoms with Gasteiger partial charge in [-0.05, 0) is 42.9 Å². The number of carbonyl (C=O) groups excluding carboxylic acids is 1. The Morgan fingerprint density at radius 3 is 2.63 bits per heavy atom. The van der Waals surface area contributed by atoms with Gasteiger partial charge in [0.2, 0.25) is 0 Å². The molecule has 19 heavy (non-hydrogen) atoms. The Bertz CT molecular complexity index is 377. The van der Waals surface area contributed by atoms with Crippen LogP contribution < -0.4 is 0 Å². The summed E-state index contributed by atoms with van der Waals surface area (Å²) in [5, 5.41) is 0. The van der Waals surface area contributed by atoms with Gasteiger partial charge in [0, 0.05) is 12.3 Å². The Balaban J connectivity index is 2.26. The molecule has 0 aromatic rings. The minimum absolute atomic E-state index is 0.201. The minimum Gasteiger partial charge on any atom is -0.299 e. The average molecular weight is 262 g/mol. The van der Waals surface area contributed by atoms with E-state index in [0.29, 0.717) is 23.5 Å². The smallest absolute Gasteiger partial charge is 0.139 e. The zero-order chi connectivity index (χ0) is 14.2. The molecule has 0 radical (unpaired) electrons. The van der Waals surface area contributed by atoms with E-state index < -0.39 is 0 Å². The molecule has 2 aliphatic carbocycles. The Kier molecular flexibility index (Phi) is 4.23. The lowest BCUT2D eigenvalue weighted by atomic mass is 9.52. The van der Waals surface area contributed by atoms with Crippen molar-refractivity contribution in [1.82, 2.24) is 0 Å². The zero-order valence-corrected chi connectivity index (χ0v) is 13.3. The third kappa shape index (κ3) is 2.80. The van der Waals surface area contributed by atoms with Gasteiger partial charge in [0.25, 0.3) is 0 Å². The second-order valence-corrected chi connectivity index (χ2v) is 7.57. The SMILES string of the molecule is CCC(=O)C1CCCC(C)C2CC(C)(C)C2/C=C/1C. The number of hydrogen-bond acceptors (Lipinski definition) is 1. The molecule has 4 atom stereocenters. The largest absolute Gasteiger partial charge is 0.299 e. The summed E-state index contributed by atoms with van der Waals surface area (Å²) in [4.78, 5) is 12.2. The van der Waals surface area contributed by atoms with Gasteiger partial charge >= 0.3 is 0 Å². The van der Waals surface area contributed by atoms with Crippen molar-refractivity contribution in [3.8, 4) is 0 Å². The molecule has 108 valence electrons. The maximum Gasteiger partial charge on any atom is 0.139 e. The highest BCUT2D eigenvalue weighted by Crippen LogP contribution is 2.56. The van der Waals surface area contributed by atoms with Gasteiger partial charge in [-0.25, -0.2) is 0 Å². The van der Waals surface area contributed by atoms with Gasteiger partial charge in [0.1, 0.15) is 5.78 Å². The number of fused-ring (bicyclic) bond motifs is 1. The standard InChI is InChI=1S/C18H30O/c1-6-17(19)14-9-7-8-12(2)15-11-18(4,5)16(15)10-13(14)3/h10,12,14-16H,6-9,11H2,1-5H3/b13-10+. The van der Waals surface area contributed by atoms with Crippen molar-refractivity contribution in [2.24, 2.45) is 29.1 Å². The number of hydrogen-bond donors (Lipinski definition) is 0. The van der Waals surface area contributed by atoms with Crippen molar-refractivity contribution in [3.05, 3.63) is 11.6 Å². The fraction of sp³-hybridized carbons (Fsp3) is 0.833. The van der Waals surface area contributed by atoms with Gasteiger partial charge in [-0.15, -0.1) is 0 Å². The van der Waals surface area contributed by atoms with Crippen molar-refractivity contribution < 1.29 is 4.79 Å². The topological polar surface area (TPSA) is 17.1 Å². The van der Waals surface area contributed by atoms with Crippen LogP contribution in [0.3, 0.4) is 0 Å². The number of rotatable bonds is 2. The molecule has 0 spiro atoms. The molecule has 0 saturated heterocycles. The van der Waals surface area contributed by atoms with E-state index in [1.165, 1.54) is 24.8 Å². The summed E-state index contributed by atoms with van der Waals surface area (Å²) in [6, 6.07) is 0. The predicted octanol–water partition coefficient (Wildman–Crippen LogP) is 5.01. The lowest BCUT2D eigenvalue weighted by Gasteiger charge is -2.53. The fourth-order valence-corrected chi connectivity index (χ4v) is 4.34. The lowest BCUT2D eigenvalue weighted by Crippen LogP contribution is -2.45. The maximum absolute atomic E-state index is 12.2. The van der Waals surface area contributed by atoms with Gasteiger partial charge in [-0.2, -0.15) is 0 Å². The van der Waals surface area contributed by atoms with Crippen molar-refractivity contribution in [3.63, 3.8) is 0 Å². The van der Waals surface area contributed by atoms with E-state index in [9.17, 15) is 4.79 Å². The van der Waals surface area contributed by atoms with Crippen molar-refractivity contribution in [2.75, 3.05) is 0 Å². The third-order valence-corrected chi connectivity index (χ3v) is 5.74. The van der Waals surface area contributed by atoms with Gasteiger partial charge < -0.3 is 0 Å². The van der Waals surface area contributed by atoms with Crippen LogP contribution in [-0.4, -0.2) is 5.78 Å². The molecule has 0 aliphatic heterocycles. The quantitative estimate of drug-likeness (QED) is 0.639. The van der Waals surface area contributed by atoms with Crippen LogP contribution in [0, 0.1) is 29.1 Å². The van der Waals surface area contributed by atoms with E-state index >= 15 is 0 Å². The summed E-state index contributed by atoms with van der Waals surface area (Å²) >= 11 is 0. The van der Waals surface area contributed by atoms with Gasteiger partial charge in [-0.1, -0.05) is 52.2 Å². The molecule has 0 heterocycles. The van der Waals surface area contributed by atoms with Crippen LogP contribution in [0.5, 0.6) is 0 Å². The molecule has 0 N–H and O–H groups in total. The maximum atomic E-state index is 12.2. The summed E-state index contributed by atoms with van der Waals surface area (Å²) in [5.41, 5.74) is 1.79. The first-order chi connectivity index (χ1) is 8.86. The lowest BCUT2D eigenvalue weighted by molar-refractivity contribution is -0.121. The monoisotopic (exact) mass is 262 g/mol. The van der Waals surface area contributed by atoms with Crippen LogP contribution >= 0.6 is 0 Å². The minimum atomic E-state index is 0.201. The second-order valence-electron chi connectivity index (χ2n) is 7.57. The molecular weight excluding hydrogens is 232 g/mol. The first-order valence-corrected chi connectivity index (χ1v) is 8.08. The summed E-state index contributed by atoms with van der Waals surface area (Å²) in [5.74, 6) is 3.00. The summed E-state index contributed by atoms with van der Waals surface area (Å²) in [6.07, 6.45) is 8.09. The number of ketones is 1. The molecule has 0 bridgehead atoms. The molecule has 1 saturated carbocycles. The Hall–Kier alpha value is -0.590. The highest BCUT2D eigenvalue weighted by Gasteiger charge is 2.48. The number of carbonyl (C=O) groups is 1. The summed E-state index contributed by atoms with van der Waals surface area (Å²) < 4.78 is 0. The van der Waals surface area contributed by atoms with E-state index in [4.69, 9.17) is 0 Å². The average Bonchev–Trinajstić information content (AvgIpc) is 2.40. The van der Waals surface area contributed by atoms with E-state index in [2.05, 4.69) is 33.8 Å². The molecule has 2 rings (SSSR count). The van der Waals surface area contributed by atoms with Crippen LogP contribution in [0.4, 0.5) is 0 Å². The molecule has 1 fully saturated rings. The first kappa shape index (κ1) is 14.8. The van der Waals surface area contributed by atoms with E-state index in [-0.39, 0.29) is 5.92 Å². The molecular formula is C18H30O. The molecule has 2 aliphatic rings. The Morgan fingerprint density at radius 1 is 1.37 bits per heavy atom. The van der Waals surface area contributed by atoms with Gasteiger partial charge in [0.15, 0.2) is 0 Å². The van der Waals surface area contributed by atoms with Crippen LogP contribution in [0.1, 0.15) is 66.7 Å². The number of Topliss-reactive ketones (excluding diaryl/α,β-unsaturated/α-hetero) is 1. The highest BCUT2D eigenvalue weighted by molar-refractivity contribution is 5.83. The molecule has 0 amide bonds.